The number of hydrogen-bond donors (Lipinski definition) is 1. The van der Waals surface area contributed by atoms with E-state index in [0.29, 0.717) is 5.16 Å². The fourth-order valence-electron chi connectivity index (χ4n) is 2.66. The summed E-state index contributed by atoms with van der Waals surface area (Å²) in [4.78, 5) is 12.9. The first-order valence-corrected chi connectivity index (χ1v) is 9.11. The summed E-state index contributed by atoms with van der Waals surface area (Å²) in [6.07, 6.45) is 0. The standard InChI is InChI=1S/C19H20N4O2S/c1-11-9-13(3)17(10-12(11)2)18(25)14(4)26-19-20-21-22-23(19)15-5-7-16(24)8-6-15/h5-10,14,24H,1-4H3. The molecule has 0 aliphatic carbocycles. The van der Waals surface area contributed by atoms with Crippen LogP contribution in [-0.4, -0.2) is 36.3 Å². The second kappa shape index (κ2) is 7.29. The molecule has 0 spiro atoms. The molecule has 26 heavy (non-hydrogen) atoms. The fourth-order valence-corrected chi connectivity index (χ4v) is 3.54. The number of phenolic OH excluding ortho intramolecular Hbond substituents is 1. The largest absolute Gasteiger partial charge is 0.508 e. The molecule has 1 N–H and O–H groups in total. The molecule has 2 aromatic carbocycles. The Morgan fingerprint density at radius 3 is 2.42 bits per heavy atom. The molecule has 0 saturated heterocycles. The molecule has 6 nitrogen and oxygen atoms in total. The highest BCUT2D eigenvalue weighted by Crippen LogP contribution is 2.27. The molecule has 0 radical (unpaired) electrons. The lowest BCUT2D eigenvalue weighted by Gasteiger charge is -2.13. The van der Waals surface area contributed by atoms with Gasteiger partial charge in [0.05, 0.1) is 10.9 Å². The molecule has 1 aromatic heterocycles. The van der Waals surface area contributed by atoms with Crippen LogP contribution in [0.25, 0.3) is 5.69 Å². The van der Waals surface area contributed by atoms with Crippen molar-refractivity contribution in [1.29, 1.82) is 0 Å². The van der Waals surface area contributed by atoms with E-state index in [1.165, 1.54) is 17.3 Å². The van der Waals surface area contributed by atoms with Crippen LogP contribution in [0.15, 0.2) is 41.6 Å². The van der Waals surface area contributed by atoms with E-state index in [1.807, 2.05) is 39.8 Å². The van der Waals surface area contributed by atoms with Crippen molar-refractivity contribution in [2.45, 2.75) is 38.1 Å². The van der Waals surface area contributed by atoms with Crippen LogP contribution in [0.4, 0.5) is 0 Å². The van der Waals surface area contributed by atoms with Crippen LogP contribution in [0.5, 0.6) is 5.75 Å². The molecular weight excluding hydrogens is 348 g/mol. The maximum absolute atomic E-state index is 12.9. The van der Waals surface area contributed by atoms with E-state index in [9.17, 15) is 9.90 Å². The van der Waals surface area contributed by atoms with Crippen LogP contribution in [0, 0.1) is 20.8 Å². The highest BCUT2D eigenvalue weighted by molar-refractivity contribution is 8.00. The van der Waals surface area contributed by atoms with E-state index in [4.69, 9.17) is 0 Å². The average molecular weight is 368 g/mol. The number of aryl methyl sites for hydroxylation is 3. The van der Waals surface area contributed by atoms with E-state index in [0.717, 1.165) is 22.4 Å². The number of thioether (sulfide) groups is 1. The molecule has 1 heterocycles. The summed E-state index contributed by atoms with van der Waals surface area (Å²) >= 11 is 1.31. The lowest BCUT2D eigenvalue weighted by Crippen LogP contribution is -2.16. The zero-order valence-electron chi connectivity index (χ0n) is 15.1. The lowest BCUT2D eigenvalue weighted by molar-refractivity contribution is 0.0993. The van der Waals surface area contributed by atoms with Gasteiger partial charge in [0, 0.05) is 5.56 Å². The van der Waals surface area contributed by atoms with Gasteiger partial charge in [0.15, 0.2) is 5.78 Å². The maximum atomic E-state index is 12.9. The predicted octanol–water partition coefficient (Wildman–Crippen LogP) is 3.66. The molecule has 0 saturated carbocycles. The molecule has 7 heteroatoms. The summed E-state index contributed by atoms with van der Waals surface area (Å²) in [5, 5.41) is 21.4. The molecule has 3 aromatic rings. The molecule has 0 bridgehead atoms. The first-order chi connectivity index (χ1) is 12.4. The van der Waals surface area contributed by atoms with Crippen molar-refractivity contribution in [3.05, 3.63) is 58.7 Å². The maximum Gasteiger partial charge on any atom is 0.214 e. The highest BCUT2D eigenvalue weighted by atomic mass is 32.2. The minimum atomic E-state index is -0.335. The van der Waals surface area contributed by atoms with E-state index in [-0.39, 0.29) is 16.8 Å². The first-order valence-electron chi connectivity index (χ1n) is 8.23. The zero-order valence-corrected chi connectivity index (χ0v) is 15.9. The van der Waals surface area contributed by atoms with Crippen LogP contribution in [0.2, 0.25) is 0 Å². The number of ketones is 1. The van der Waals surface area contributed by atoms with Crippen molar-refractivity contribution in [1.82, 2.24) is 20.2 Å². The average Bonchev–Trinajstić information content (AvgIpc) is 3.06. The van der Waals surface area contributed by atoms with Crippen molar-refractivity contribution < 1.29 is 9.90 Å². The number of rotatable bonds is 5. The van der Waals surface area contributed by atoms with Crippen LogP contribution in [0.1, 0.15) is 34.0 Å². The van der Waals surface area contributed by atoms with Gasteiger partial charge in [-0.2, -0.15) is 4.68 Å². The topological polar surface area (TPSA) is 80.9 Å². The molecule has 0 fully saturated rings. The summed E-state index contributed by atoms with van der Waals surface area (Å²) in [5.41, 5.74) is 4.71. The van der Waals surface area contributed by atoms with Gasteiger partial charge in [-0.1, -0.05) is 17.8 Å². The zero-order chi connectivity index (χ0) is 18.8. The number of Topliss-reactive ketones (excluding diaryl/α,β-unsaturated/α-hetero) is 1. The summed E-state index contributed by atoms with van der Waals surface area (Å²) in [7, 11) is 0. The number of carbonyl (C=O) groups is 1. The Kier molecular flexibility index (Phi) is 5.08. The van der Waals surface area contributed by atoms with Gasteiger partial charge in [-0.05, 0) is 85.1 Å². The molecule has 134 valence electrons. The SMILES string of the molecule is Cc1cc(C)c(C(=O)C(C)Sc2nnnn2-c2ccc(O)cc2)cc1C. The smallest absolute Gasteiger partial charge is 0.214 e. The highest BCUT2D eigenvalue weighted by Gasteiger charge is 2.22. The number of benzene rings is 2. The Balaban J connectivity index is 1.84. The molecular formula is C19H20N4O2S. The summed E-state index contributed by atoms with van der Waals surface area (Å²) < 4.78 is 1.56. The van der Waals surface area contributed by atoms with Gasteiger partial charge in [-0.25, -0.2) is 0 Å². The molecule has 1 atom stereocenters. The van der Waals surface area contributed by atoms with Gasteiger partial charge in [-0.3, -0.25) is 4.79 Å². The third kappa shape index (κ3) is 3.62. The number of phenols is 1. The molecule has 1 unspecified atom stereocenters. The van der Waals surface area contributed by atoms with Crippen molar-refractivity contribution in [2.24, 2.45) is 0 Å². The molecule has 3 rings (SSSR count). The number of hydrogen-bond acceptors (Lipinski definition) is 6. The third-order valence-corrected chi connectivity index (χ3v) is 5.33. The lowest BCUT2D eigenvalue weighted by atomic mass is 9.97. The van der Waals surface area contributed by atoms with Crippen molar-refractivity contribution in [3.63, 3.8) is 0 Å². The predicted molar refractivity (Wildman–Crippen MR) is 101 cm³/mol. The monoisotopic (exact) mass is 368 g/mol. The number of nitrogens with zero attached hydrogens (tertiary/aromatic N) is 4. The molecule has 0 amide bonds. The number of tetrazole rings is 1. The van der Waals surface area contributed by atoms with Gasteiger partial charge in [-0.15, -0.1) is 5.10 Å². The molecule has 0 aliphatic rings. The third-order valence-electron chi connectivity index (χ3n) is 4.29. The van der Waals surface area contributed by atoms with Gasteiger partial charge < -0.3 is 5.11 Å². The fraction of sp³-hybridized carbons (Fsp3) is 0.263. The van der Waals surface area contributed by atoms with E-state index in [1.54, 1.807) is 28.9 Å². The van der Waals surface area contributed by atoms with Gasteiger partial charge >= 0.3 is 0 Å². The van der Waals surface area contributed by atoms with Crippen LogP contribution in [-0.2, 0) is 0 Å². The van der Waals surface area contributed by atoms with Gasteiger partial charge in [0.2, 0.25) is 5.16 Å². The summed E-state index contributed by atoms with van der Waals surface area (Å²) in [6.45, 7) is 7.87. The van der Waals surface area contributed by atoms with Crippen molar-refractivity contribution in [2.75, 3.05) is 0 Å². The number of aromatic hydroxyl groups is 1. The quantitative estimate of drug-likeness (QED) is 0.547. The first kappa shape index (κ1) is 18.1. The van der Waals surface area contributed by atoms with E-state index < -0.39 is 0 Å². The Morgan fingerprint density at radius 1 is 1.08 bits per heavy atom. The van der Waals surface area contributed by atoms with Crippen LogP contribution < -0.4 is 0 Å². The molecule has 0 aliphatic heterocycles. The second-order valence-corrected chi connectivity index (χ2v) is 7.57. The number of aromatic nitrogens is 4. The van der Waals surface area contributed by atoms with Crippen LogP contribution >= 0.6 is 11.8 Å². The van der Waals surface area contributed by atoms with E-state index in [2.05, 4.69) is 15.5 Å². The van der Waals surface area contributed by atoms with Crippen molar-refractivity contribution in [3.8, 4) is 11.4 Å². The normalized spacial score (nSPS) is 12.2. The van der Waals surface area contributed by atoms with E-state index >= 15 is 0 Å². The van der Waals surface area contributed by atoms with Gasteiger partial charge in [0.25, 0.3) is 0 Å². The van der Waals surface area contributed by atoms with Gasteiger partial charge in [0.1, 0.15) is 5.75 Å². The van der Waals surface area contributed by atoms with Crippen molar-refractivity contribution >= 4 is 17.5 Å². The van der Waals surface area contributed by atoms with Crippen LogP contribution in [0.3, 0.4) is 0 Å². The Labute approximate surface area is 156 Å². The minimum Gasteiger partial charge on any atom is -0.508 e. The summed E-state index contributed by atoms with van der Waals surface area (Å²) in [5.74, 6) is 0.223. The minimum absolute atomic E-state index is 0.0517. The Morgan fingerprint density at radius 2 is 1.73 bits per heavy atom. The Bertz CT molecular complexity index is 951. The Hall–Kier alpha value is -2.67. The number of carbonyl (C=O) groups excluding carboxylic acids is 1. The second-order valence-electron chi connectivity index (χ2n) is 6.27. The summed E-state index contributed by atoms with van der Waals surface area (Å²) in [6, 6.07) is 10.6.